The van der Waals surface area contributed by atoms with Crippen LogP contribution in [0.5, 0.6) is 0 Å². The number of nitrogens with zero attached hydrogens (tertiary/aromatic N) is 2. The van der Waals surface area contributed by atoms with Crippen LogP contribution in [0.3, 0.4) is 0 Å². The van der Waals surface area contributed by atoms with Crippen LogP contribution in [0.2, 0.25) is 0 Å². The van der Waals surface area contributed by atoms with Gasteiger partial charge in [-0.3, -0.25) is 4.68 Å². The Kier molecular flexibility index (Phi) is 4.82. The molecule has 0 amide bonds. The topological polar surface area (TPSA) is 27.1 Å². The van der Waals surface area contributed by atoms with Crippen LogP contribution in [0, 0.1) is 5.92 Å². The maximum Gasteiger partial charge on any atom is 0.0906 e. The molecule has 3 heteroatoms. The lowest BCUT2D eigenvalue weighted by atomic mass is 10.2. The van der Waals surface area contributed by atoms with E-state index >= 15 is 0 Å². The molecule has 0 spiro atoms. The monoisotopic (exact) mass is 210 g/mol. The third-order valence-corrected chi connectivity index (χ3v) is 2.41. The summed E-state index contributed by atoms with van der Waals surface area (Å²) >= 11 is 0. The van der Waals surface area contributed by atoms with Gasteiger partial charge in [-0.1, -0.05) is 20.8 Å². The first-order chi connectivity index (χ1) is 7.13. The maximum absolute atomic E-state index is 5.53. The number of hydrogen-bond donors (Lipinski definition) is 0. The molecule has 0 saturated carbocycles. The Morgan fingerprint density at radius 3 is 2.73 bits per heavy atom. The van der Waals surface area contributed by atoms with Gasteiger partial charge in [0.2, 0.25) is 0 Å². The average molecular weight is 210 g/mol. The normalized spacial score (nSPS) is 13.4. The minimum absolute atomic E-state index is 0.476. The fraction of sp³-hybridized carbons (Fsp3) is 0.750. The molecule has 1 aromatic heterocycles. The average Bonchev–Trinajstić information content (AvgIpc) is 2.65. The van der Waals surface area contributed by atoms with Crippen molar-refractivity contribution in [2.75, 3.05) is 6.61 Å². The van der Waals surface area contributed by atoms with E-state index in [9.17, 15) is 0 Å². The number of hydrogen-bond acceptors (Lipinski definition) is 2. The molecule has 0 aliphatic rings. The molecule has 0 bridgehead atoms. The molecule has 1 heterocycles. The molecule has 0 fully saturated rings. The van der Waals surface area contributed by atoms with Crippen molar-refractivity contribution in [1.82, 2.24) is 9.78 Å². The van der Waals surface area contributed by atoms with E-state index in [1.165, 1.54) is 0 Å². The van der Waals surface area contributed by atoms with E-state index in [0.717, 1.165) is 18.7 Å². The highest BCUT2D eigenvalue weighted by Gasteiger charge is 2.04. The van der Waals surface area contributed by atoms with Crippen LogP contribution in [0.15, 0.2) is 12.3 Å². The standard InChI is InChI=1S/C12H22N2O/c1-5-11(4)14-7-6-12(13-14)9-15-8-10(2)3/h6-7,10-11H,5,8-9H2,1-4H3/t11-/m1/s1. The molecule has 0 aromatic carbocycles. The Labute approximate surface area is 92.4 Å². The predicted octanol–water partition coefficient (Wildman–Crippen LogP) is 3.03. The molecule has 1 aromatic rings. The summed E-state index contributed by atoms with van der Waals surface area (Å²) in [5.41, 5.74) is 1.02. The van der Waals surface area contributed by atoms with Crippen LogP contribution in [0.1, 0.15) is 45.9 Å². The Morgan fingerprint density at radius 2 is 2.13 bits per heavy atom. The Morgan fingerprint density at radius 1 is 1.40 bits per heavy atom. The van der Waals surface area contributed by atoms with E-state index in [1.54, 1.807) is 0 Å². The highest BCUT2D eigenvalue weighted by atomic mass is 16.5. The molecule has 0 unspecified atom stereocenters. The third kappa shape index (κ3) is 4.04. The smallest absolute Gasteiger partial charge is 0.0906 e. The fourth-order valence-corrected chi connectivity index (χ4v) is 1.29. The summed E-state index contributed by atoms with van der Waals surface area (Å²) in [6.07, 6.45) is 3.14. The molecule has 0 N–H and O–H groups in total. The van der Waals surface area contributed by atoms with Crippen LogP contribution >= 0.6 is 0 Å². The molecule has 1 rings (SSSR count). The van der Waals surface area contributed by atoms with Crippen LogP contribution in [-0.2, 0) is 11.3 Å². The number of rotatable bonds is 6. The predicted molar refractivity (Wildman–Crippen MR) is 61.7 cm³/mol. The lowest BCUT2D eigenvalue weighted by molar-refractivity contribution is 0.0942. The van der Waals surface area contributed by atoms with Crippen molar-refractivity contribution < 1.29 is 4.74 Å². The number of aromatic nitrogens is 2. The summed E-state index contributed by atoms with van der Waals surface area (Å²) < 4.78 is 7.54. The van der Waals surface area contributed by atoms with Crippen molar-refractivity contribution in [3.63, 3.8) is 0 Å². The lowest BCUT2D eigenvalue weighted by Crippen LogP contribution is -2.06. The van der Waals surface area contributed by atoms with E-state index in [-0.39, 0.29) is 0 Å². The van der Waals surface area contributed by atoms with Crippen LogP contribution in [0.4, 0.5) is 0 Å². The zero-order valence-corrected chi connectivity index (χ0v) is 10.2. The zero-order valence-electron chi connectivity index (χ0n) is 10.2. The number of ether oxygens (including phenoxy) is 1. The van der Waals surface area contributed by atoms with E-state index in [0.29, 0.717) is 18.6 Å². The van der Waals surface area contributed by atoms with Gasteiger partial charge in [0.15, 0.2) is 0 Å². The van der Waals surface area contributed by atoms with Gasteiger partial charge in [0, 0.05) is 18.8 Å². The summed E-state index contributed by atoms with van der Waals surface area (Å²) in [5.74, 6) is 0.585. The highest BCUT2D eigenvalue weighted by molar-refractivity contribution is 4.97. The van der Waals surface area contributed by atoms with Crippen LogP contribution in [-0.4, -0.2) is 16.4 Å². The van der Waals surface area contributed by atoms with E-state index < -0.39 is 0 Å². The van der Waals surface area contributed by atoms with Crippen molar-refractivity contribution >= 4 is 0 Å². The molecular weight excluding hydrogens is 188 g/mol. The molecule has 0 saturated heterocycles. The van der Waals surface area contributed by atoms with Gasteiger partial charge in [-0.15, -0.1) is 0 Å². The minimum Gasteiger partial charge on any atom is -0.375 e. The molecule has 0 radical (unpaired) electrons. The van der Waals surface area contributed by atoms with Gasteiger partial charge in [0.1, 0.15) is 0 Å². The molecule has 15 heavy (non-hydrogen) atoms. The van der Waals surface area contributed by atoms with Crippen molar-refractivity contribution in [1.29, 1.82) is 0 Å². The first kappa shape index (κ1) is 12.2. The first-order valence-corrected chi connectivity index (χ1v) is 5.75. The Hall–Kier alpha value is -0.830. The molecular formula is C12H22N2O. The Bertz CT molecular complexity index is 281. The van der Waals surface area contributed by atoms with Gasteiger partial charge in [-0.2, -0.15) is 5.10 Å². The lowest BCUT2D eigenvalue weighted by Gasteiger charge is -2.08. The second-order valence-corrected chi connectivity index (χ2v) is 4.45. The fourth-order valence-electron chi connectivity index (χ4n) is 1.29. The molecule has 86 valence electrons. The largest absolute Gasteiger partial charge is 0.375 e. The summed E-state index contributed by atoms with van der Waals surface area (Å²) in [6.45, 7) is 10.1. The Balaban J connectivity index is 2.39. The van der Waals surface area contributed by atoms with Gasteiger partial charge < -0.3 is 4.74 Å². The first-order valence-electron chi connectivity index (χ1n) is 5.75. The van der Waals surface area contributed by atoms with Crippen molar-refractivity contribution in [2.24, 2.45) is 5.92 Å². The molecule has 0 aliphatic carbocycles. The molecule has 3 nitrogen and oxygen atoms in total. The summed E-state index contributed by atoms with van der Waals surface area (Å²) in [7, 11) is 0. The quantitative estimate of drug-likeness (QED) is 0.721. The van der Waals surface area contributed by atoms with E-state index in [2.05, 4.69) is 32.8 Å². The van der Waals surface area contributed by atoms with Crippen molar-refractivity contribution in [2.45, 2.75) is 46.8 Å². The zero-order chi connectivity index (χ0) is 11.3. The van der Waals surface area contributed by atoms with Crippen LogP contribution < -0.4 is 0 Å². The van der Waals surface area contributed by atoms with Gasteiger partial charge in [-0.25, -0.2) is 0 Å². The SMILES string of the molecule is CC[C@@H](C)n1ccc(COCC(C)C)n1. The van der Waals surface area contributed by atoms with Gasteiger partial charge in [-0.05, 0) is 25.3 Å². The second-order valence-electron chi connectivity index (χ2n) is 4.45. The molecule has 0 aliphatic heterocycles. The highest BCUT2D eigenvalue weighted by Crippen LogP contribution is 2.09. The third-order valence-electron chi connectivity index (χ3n) is 2.41. The second kappa shape index (κ2) is 5.91. The van der Waals surface area contributed by atoms with Crippen LogP contribution in [0.25, 0.3) is 0 Å². The molecule has 1 atom stereocenters. The maximum atomic E-state index is 5.53. The summed E-state index contributed by atoms with van der Waals surface area (Å²) in [4.78, 5) is 0. The summed E-state index contributed by atoms with van der Waals surface area (Å²) in [6, 6.07) is 2.51. The van der Waals surface area contributed by atoms with E-state index in [1.807, 2.05) is 16.9 Å². The summed E-state index contributed by atoms with van der Waals surface area (Å²) in [5, 5.41) is 4.47. The minimum atomic E-state index is 0.476. The van der Waals surface area contributed by atoms with Crippen molar-refractivity contribution in [3.05, 3.63) is 18.0 Å². The van der Waals surface area contributed by atoms with E-state index in [4.69, 9.17) is 4.74 Å². The van der Waals surface area contributed by atoms with Crippen molar-refractivity contribution in [3.8, 4) is 0 Å². The van der Waals surface area contributed by atoms with Gasteiger partial charge in [0.05, 0.1) is 12.3 Å². The van der Waals surface area contributed by atoms with Gasteiger partial charge in [0.25, 0.3) is 0 Å². The van der Waals surface area contributed by atoms with Gasteiger partial charge >= 0.3 is 0 Å².